The summed E-state index contributed by atoms with van der Waals surface area (Å²) >= 11 is 0. The van der Waals surface area contributed by atoms with E-state index in [1.165, 1.54) is 18.4 Å². The number of rotatable bonds is 3. The molecule has 3 aliphatic carbocycles. The van der Waals surface area contributed by atoms with Crippen molar-refractivity contribution in [3.8, 4) is 0 Å². The number of aliphatic hydroxyl groups excluding tert-OH is 1. The van der Waals surface area contributed by atoms with Crippen LogP contribution in [0.1, 0.15) is 33.1 Å². The van der Waals surface area contributed by atoms with E-state index in [0.29, 0.717) is 5.41 Å². The highest BCUT2D eigenvalue weighted by atomic mass is 16.3. The molecule has 3 N–H and O–H groups in total. The summed E-state index contributed by atoms with van der Waals surface area (Å²) in [6.07, 6.45) is 5.81. The summed E-state index contributed by atoms with van der Waals surface area (Å²) in [6, 6.07) is -0.0609. The van der Waals surface area contributed by atoms with Crippen LogP contribution in [0.2, 0.25) is 0 Å². The molecule has 0 aromatic heterocycles. The van der Waals surface area contributed by atoms with Crippen molar-refractivity contribution in [1.82, 2.24) is 0 Å². The van der Waals surface area contributed by atoms with Crippen LogP contribution in [0.3, 0.4) is 0 Å². The summed E-state index contributed by atoms with van der Waals surface area (Å²) in [5.41, 5.74) is 7.77. The normalized spacial score (nSPS) is 35.9. The van der Waals surface area contributed by atoms with Gasteiger partial charge < -0.3 is 10.8 Å². The van der Waals surface area contributed by atoms with Crippen molar-refractivity contribution < 1.29 is 5.11 Å². The Bertz CT molecular complexity index is 257. The second-order valence-corrected chi connectivity index (χ2v) is 5.47. The molecule has 3 unspecified atom stereocenters. The summed E-state index contributed by atoms with van der Waals surface area (Å²) in [6.45, 7) is 4.83. The van der Waals surface area contributed by atoms with Crippen LogP contribution in [0.4, 0.5) is 0 Å². The number of aliphatic hydroxyl groups is 1. The molecular formula is C12H21NO. The minimum Gasteiger partial charge on any atom is -0.395 e. The first kappa shape index (κ1) is 10.2. The average Bonchev–Trinajstić information content (AvgIpc) is 2.17. The first-order chi connectivity index (χ1) is 6.55. The van der Waals surface area contributed by atoms with Crippen molar-refractivity contribution in [3.63, 3.8) is 0 Å². The van der Waals surface area contributed by atoms with Crippen LogP contribution in [0, 0.1) is 17.3 Å². The second kappa shape index (κ2) is 3.35. The van der Waals surface area contributed by atoms with Gasteiger partial charge in [-0.05, 0) is 36.5 Å². The Labute approximate surface area is 86.2 Å². The number of hydrogen-bond donors (Lipinski definition) is 2. The van der Waals surface area contributed by atoms with Crippen LogP contribution >= 0.6 is 0 Å². The zero-order chi connectivity index (χ0) is 10.3. The van der Waals surface area contributed by atoms with Gasteiger partial charge in [0.05, 0.1) is 6.61 Å². The van der Waals surface area contributed by atoms with Gasteiger partial charge in [0.15, 0.2) is 0 Å². The molecule has 14 heavy (non-hydrogen) atoms. The third-order valence-electron chi connectivity index (χ3n) is 4.32. The van der Waals surface area contributed by atoms with Gasteiger partial charge in [-0.15, -0.1) is 0 Å². The van der Waals surface area contributed by atoms with Crippen molar-refractivity contribution >= 4 is 0 Å². The van der Waals surface area contributed by atoms with E-state index < -0.39 is 0 Å². The number of allylic oxidation sites excluding steroid dienone is 1. The van der Waals surface area contributed by atoms with Crippen molar-refractivity contribution in [1.29, 1.82) is 0 Å². The van der Waals surface area contributed by atoms with Gasteiger partial charge in [-0.3, -0.25) is 0 Å². The third-order valence-corrected chi connectivity index (χ3v) is 4.32. The maximum absolute atomic E-state index is 8.94. The molecule has 0 radical (unpaired) electrons. The molecule has 80 valence electrons. The molecule has 1 saturated carbocycles. The van der Waals surface area contributed by atoms with Crippen LogP contribution in [0.25, 0.3) is 0 Å². The number of hydrogen-bond acceptors (Lipinski definition) is 2. The molecule has 0 heterocycles. The molecule has 3 atom stereocenters. The van der Waals surface area contributed by atoms with Crippen LogP contribution in [0.15, 0.2) is 11.6 Å². The molecule has 0 amide bonds. The number of nitrogens with two attached hydrogens (primary N) is 1. The summed E-state index contributed by atoms with van der Waals surface area (Å²) in [4.78, 5) is 0. The van der Waals surface area contributed by atoms with Gasteiger partial charge in [-0.25, -0.2) is 0 Å². The molecule has 3 aliphatic rings. The summed E-state index contributed by atoms with van der Waals surface area (Å²) in [5.74, 6) is 1.63. The van der Waals surface area contributed by atoms with Crippen molar-refractivity contribution in [2.75, 3.05) is 6.61 Å². The van der Waals surface area contributed by atoms with E-state index >= 15 is 0 Å². The standard InChI is InChI=1S/C12H21NO/c1-12(2)9-4-3-8(11(12)6-9)5-10(13)7-14/h3,9-11,14H,4-7,13H2,1-2H3. The summed E-state index contributed by atoms with van der Waals surface area (Å²) in [7, 11) is 0. The predicted molar refractivity (Wildman–Crippen MR) is 57.8 cm³/mol. The lowest BCUT2D eigenvalue weighted by atomic mass is 9.48. The molecule has 0 saturated heterocycles. The Balaban J connectivity index is 2.04. The molecule has 2 heteroatoms. The van der Waals surface area contributed by atoms with Gasteiger partial charge in [0.25, 0.3) is 0 Å². The van der Waals surface area contributed by atoms with E-state index in [9.17, 15) is 0 Å². The third kappa shape index (κ3) is 1.41. The highest BCUT2D eigenvalue weighted by Gasteiger charge is 2.50. The number of fused-ring (bicyclic) bond motifs is 1. The molecule has 0 spiro atoms. The van der Waals surface area contributed by atoms with Crippen molar-refractivity contribution in [2.24, 2.45) is 23.0 Å². The van der Waals surface area contributed by atoms with Crippen LogP contribution in [0.5, 0.6) is 0 Å². The summed E-state index contributed by atoms with van der Waals surface area (Å²) in [5, 5.41) is 8.94. The lowest BCUT2D eigenvalue weighted by Gasteiger charge is -2.56. The highest BCUT2D eigenvalue weighted by molar-refractivity contribution is 5.23. The zero-order valence-electron chi connectivity index (χ0n) is 9.16. The van der Waals surface area contributed by atoms with Gasteiger partial charge >= 0.3 is 0 Å². The SMILES string of the molecule is CC1(C)C2CC=C(CC(N)CO)C1C2. The Morgan fingerprint density at radius 1 is 1.64 bits per heavy atom. The predicted octanol–water partition coefficient (Wildman–Crippen LogP) is 1.69. The fourth-order valence-electron chi connectivity index (χ4n) is 3.07. The Morgan fingerprint density at radius 2 is 2.36 bits per heavy atom. The first-order valence-electron chi connectivity index (χ1n) is 5.61. The lowest BCUT2D eigenvalue weighted by Crippen LogP contribution is -2.48. The molecule has 0 aliphatic heterocycles. The van der Waals surface area contributed by atoms with Gasteiger partial charge in [0.2, 0.25) is 0 Å². The molecule has 0 aromatic carbocycles. The Hall–Kier alpha value is -0.340. The summed E-state index contributed by atoms with van der Waals surface area (Å²) < 4.78 is 0. The van der Waals surface area contributed by atoms with E-state index in [2.05, 4.69) is 19.9 Å². The van der Waals surface area contributed by atoms with Gasteiger partial charge in [-0.2, -0.15) is 0 Å². The van der Waals surface area contributed by atoms with Crippen LogP contribution in [-0.2, 0) is 0 Å². The average molecular weight is 195 g/mol. The van der Waals surface area contributed by atoms with E-state index in [4.69, 9.17) is 10.8 Å². The fraction of sp³-hybridized carbons (Fsp3) is 0.833. The smallest absolute Gasteiger partial charge is 0.0585 e. The largest absolute Gasteiger partial charge is 0.395 e. The minimum atomic E-state index is -0.0609. The van der Waals surface area contributed by atoms with Crippen LogP contribution < -0.4 is 5.73 Å². The lowest BCUT2D eigenvalue weighted by molar-refractivity contribution is -0.00916. The molecule has 0 aromatic rings. The topological polar surface area (TPSA) is 46.2 Å². The highest BCUT2D eigenvalue weighted by Crippen LogP contribution is 2.59. The van der Waals surface area contributed by atoms with Gasteiger partial charge in [0, 0.05) is 6.04 Å². The monoisotopic (exact) mass is 195 g/mol. The fourth-order valence-corrected chi connectivity index (χ4v) is 3.07. The van der Waals surface area contributed by atoms with Gasteiger partial charge in [0.1, 0.15) is 0 Å². The maximum Gasteiger partial charge on any atom is 0.0585 e. The van der Waals surface area contributed by atoms with Crippen LogP contribution in [-0.4, -0.2) is 17.8 Å². The molecule has 2 bridgehead atoms. The minimum absolute atomic E-state index is 0.0609. The molecular weight excluding hydrogens is 174 g/mol. The Kier molecular flexibility index (Phi) is 2.44. The van der Waals surface area contributed by atoms with E-state index in [0.717, 1.165) is 18.3 Å². The quantitative estimate of drug-likeness (QED) is 0.673. The molecule has 2 nitrogen and oxygen atoms in total. The maximum atomic E-state index is 8.94. The van der Waals surface area contributed by atoms with E-state index in [1.54, 1.807) is 0 Å². The first-order valence-corrected chi connectivity index (χ1v) is 5.61. The van der Waals surface area contributed by atoms with Crippen molar-refractivity contribution in [3.05, 3.63) is 11.6 Å². The zero-order valence-corrected chi connectivity index (χ0v) is 9.16. The van der Waals surface area contributed by atoms with E-state index in [-0.39, 0.29) is 12.6 Å². The Morgan fingerprint density at radius 3 is 2.86 bits per heavy atom. The molecule has 1 fully saturated rings. The van der Waals surface area contributed by atoms with Gasteiger partial charge in [-0.1, -0.05) is 25.5 Å². The van der Waals surface area contributed by atoms with E-state index in [1.807, 2.05) is 0 Å². The van der Waals surface area contributed by atoms with Crippen molar-refractivity contribution in [2.45, 2.75) is 39.2 Å². The second-order valence-electron chi connectivity index (χ2n) is 5.47. The molecule has 3 rings (SSSR count).